The van der Waals surface area contributed by atoms with Gasteiger partial charge in [0.1, 0.15) is 0 Å². The summed E-state index contributed by atoms with van der Waals surface area (Å²) < 4.78 is 0. The lowest BCUT2D eigenvalue weighted by molar-refractivity contribution is -0.130. The number of aromatic nitrogens is 1. The minimum atomic E-state index is 0.170. The number of hydrogen-bond donors (Lipinski definition) is 0. The van der Waals surface area contributed by atoms with E-state index in [1.807, 2.05) is 30.3 Å². The van der Waals surface area contributed by atoms with Crippen LogP contribution in [0.2, 0.25) is 0 Å². The number of aryl methyl sites for hydroxylation is 1. The maximum atomic E-state index is 12.3. The molecule has 25 heavy (non-hydrogen) atoms. The van der Waals surface area contributed by atoms with Crippen LogP contribution in [0.3, 0.4) is 0 Å². The number of carbonyl (C=O) groups excluding carboxylic acids is 1. The number of anilines is 1. The number of rotatable bonds is 6. The molecule has 1 saturated heterocycles. The highest BCUT2D eigenvalue weighted by Gasteiger charge is 2.12. The Morgan fingerprint density at radius 1 is 1.08 bits per heavy atom. The van der Waals surface area contributed by atoms with Crippen LogP contribution in [-0.4, -0.2) is 35.9 Å². The number of carbonyl (C=O) groups is 1. The Morgan fingerprint density at radius 3 is 2.52 bits per heavy atom. The molecule has 132 valence electrons. The first-order valence-corrected chi connectivity index (χ1v) is 9.19. The van der Waals surface area contributed by atoms with Crippen molar-refractivity contribution in [2.75, 3.05) is 25.0 Å². The highest BCUT2D eigenvalue weighted by atomic mass is 16.2. The quantitative estimate of drug-likeness (QED) is 0.807. The van der Waals surface area contributed by atoms with Gasteiger partial charge in [0.25, 0.3) is 0 Å². The van der Waals surface area contributed by atoms with E-state index in [-0.39, 0.29) is 5.91 Å². The van der Waals surface area contributed by atoms with E-state index in [1.165, 1.54) is 30.5 Å². The predicted octanol–water partition coefficient (Wildman–Crippen LogP) is 3.66. The van der Waals surface area contributed by atoms with Gasteiger partial charge in [-0.2, -0.15) is 0 Å². The first-order chi connectivity index (χ1) is 12.2. The molecule has 1 aliphatic rings. The van der Waals surface area contributed by atoms with E-state index < -0.39 is 0 Å². The van der Waals surface area contributed by atoms with Crippen molar-refractivity contribution in [3.8, 4) is 0 Å². The van der Waals surface area contributed by atoms with Gasteiger partial charge in [0.15, 0.2) is 0 Å². The fraction of sp³-hybridized carbons (Fsp3) is 0.429. The molecular formula is C21H27N3O. The van der Waals surface area contributed by atoms with Crippen molar-refractivity contribution in [2.24, 2.45) is 0 Å². The average Bonchev–Trinajstić information content (AvgIpc) is 2.68. The van der Waals surface area contributed by atoms with E-state index >= 15 is 0 Å². The summed E-state index contributed by atoms with van der Waals surface area (Å²) in [7, 11) is 1.88. The molecule has 1 aromatic heterocycles. The summed E-state index contributed by atoms with van der Waals surface area (Å²) >= 11 is 0. The summed E-state index contributed by atoms with van der Waals surface area (Å²) in [6.45, 7) is 2.98. The Morgan fingerprint density at radius 2 is 1.84 bits per heavy atom. The maximum absolute atomic E-state index is 12.3. The third-order valence-electron chi connectivity index (χ3n) is 4.85. The fourth-order valence-corrected chi connectivity index (χ4v) is 3.31. The van der Waals surface area contributed by atoms with E-state index in [9.17, 15) is 4.79 Å². The minimum absolute atomic E-state index is 0.170. The summed E-state index contributed by atoms with van der Waals surface area (Å²) in [6, 6.07) is 12.6. The summed E-state index contributed by atoms with van der Waals surface area (Å²) in [5.41, 5.74) is 3.59. The molecule has 1 aliphatic heterocycles. The van der Waals surface area contributed by atoms with Gasteiger partial charge < -0.3 is 9.80 Å². The molecule has 3 rings (SSSR count). The molecule has 2 heterocycles. The first kappa shape index (κ1) is 17.5. The van der Waals surface area contributed by atoms with E-state index in [0.29, 0.717) is 13.0 Å². The van der Waals surface area contributed by atoms with Crippen molar-refractivity contribution < 1.29 is 4.79 Å². The molecule has 0 N–H and O–H groups in total. The lowest BCUT2D eigenvalue weighted by atomic mass is 10.1. The molecule has 2 aromatic rings. The molecule has 0 radical (unpaired) electrons. The Balaban J connectivity index is 1.49. The van der Waals surface area contributed by atoms with Gasteiger partial charge >= 0.3 is 0 Å². The van der Waals surface area contributed by atoms with Gasteiger partial charge in [-0.1, -0.05) is 18.2 Å². The minimum Gasteiger partial charge on any atom is -0.372 e. The molecule has 0 aliphatic carbocycles. The second-order valence-electron chi connectivity index (χ2n) is 6.83. The smallest absolute Gasteiger partial charge is 0.222 e. The molecule has 1 amide bonds. The predicted molar refractivity (Wildman–Crippen MR) is 102 cm³/mol. The van der Waals surface area contributed by atoms with Crippen LogP contribution in [-0.2, 0) is 17.8 Å². The number of nitrogens with zero attached hydrogens (tertiary/aromatic N) is 3. The highest BCUT2D eigenvalue weighted by Crippen LogP contribution is 2.20. The average molecular weight is 337 g/mol. The molecule has 4 nitrogen and oxygen atoms in total. The zero-order valence-corrected chi connectivity index (χ0v) is 15.0. The lowest BCUT2D eigenvalue weighted by Crippen LogP contribution is -2.29. The van der Waals surface area contributed by atoms with Crippen LogP contribution in [0.5, 0.6) is 0 Å². The van der Waals surface area contributed by atoms with E-state index in [4.69, 9.17) is 0 Å². The van der Waals surface area contributed by atoms with E-state index in [1.54, 1.807) is 6.20 Å². The Kier molecular flexibility index (Phi) is 6.04. The van der Waals surface area contributed by atoms with Crippen molar-refractivity contribution in [1.82, 2.24) is 9.88 Å². The Hall–Kier alpha value is -2.36. The summed E-state index contributed by atoms with van der Waals surface area (Å²) in [4.78, 5) is 20.7. The van der Waals surface area contributed by atoms with Crippen LogP contribution in [0, 0.1) is 0 Å². The van der Waals surface area contributed by atoms with E-state index in [0.717, 1.165) is 25.1 Å². The van der Waals surface area contributed by atoms with Crippen LogP contribution in [0.25, 0.3) is 0 Å². The van der Waals surface area contributed by atoms with Crippen LogP contribution in [0.4, 0.5) is 5.69 Å². The molecule has 0 spiro atoms. The number of amides is 1. The lowest BCUT2D eigenvalue weighted by Gasteiger charge is -2.29. The topological polar surface area (TPSA) is 36.4 Å². The molecule has 0 atom stereocenters. The number of benzene rings is 1. The summed E-state index contributed by atoms with van der Waals surface area (Å²) in [6.07, 6.45) is 8.77. The molecular weight excluding hydrogens is 310 g/mol. The van der Waals surface area contributed by atoms with Crippen molar-refractivity contribution in [2.45, 2.75) is 38.6 Å². The van der Waals surface area contributed by atoms with Crippen molar-refractivity contribution >= 4 is 11.6 Å². The summed E-state index contributed by atoms with van der Waals surface area (Å²) in [5, 5.41) is 0. The molecule has 0 unspecified atom stereocenters. The third kappa shape index (κ3) is 5.05. The second kappa shape index (κ2) is 8.65. The standard InChI is InChI=1S/C21H27N3O/c1-23(21(25)12-9-18-6-5-13-22-16-18)17-19-7-10-20(11-8-19)24-14-3-2-4-15-24/h5-8,10-11,13,16H,2-4,9,12,14-15,17H2,1H3. The van der Waals surface area contributed by atoms with Gasteiger partial charge in [0.05, 0.1) is 0 Å². The molecule has 0 bridgehead atoms. The molecule has 0 saturated carbocycles. The number of piperidine rings is 1. The van der Waals surface area contributed by atoms with Crippen molar-refractivity contribution in [1.29, 1.82) is 0 Å². The normalized spacial score (nSPS) is 14.4. The van der Waals surface area contributed by atoms with Gasteiger partial charge in [-0.15, -0.1) is 0 Å². The van der Waals surface area contributed by atoms with Crippen molar-refractivity contribution in [3.63, 3.8) is 0 Å². The highest BCUT2D eigenvalue weighted by molar-refractivity contribution is 5.76. The third-order valence-corrected chi connectivity index (χ3v) is 4.85. The second-order valence-corrected chi connectivity index (χ2v) is 6.83. The van der Waals surface area contributed by atoms with Crippen molar-refractivity contribution in [3.05, 3.63) is 59.9 Å². The van der Waals surface area contributed by atoms with Crippen LogP contribution >= 0.6 is 0 Å². The van der Waals surface area contributed by atoms with E-state index in [2.05, 4.69) is 34.1 Å². The van der Waals surface area contributed by atoms with Gasteiger partial charge in [0, 0.05) is 51.2 Å². The van der Waals surface area contributed by atoms with Gasteiger partial charge in [0.2, 0.25) is 5.91 Å². The van der Waals surface area contributed by atoms with Crippen LogP contribution < -0.4 is 4.90 Å². The molecule has 1 aromatic carbocycles. The Bertz CT molecular complexity index is 663. The van der Waals surface area contributed by atoms with Crippen LogP contribution in [0.15, 0.2) is 48.8 Å². The molecule has 1 fully saturated rings. The number of hydrogen-bond acceptors (Lipinski definition) is 3. The zero-order chi connectivity index (χ0) is 17.5. The van der Waals surface area contributed by atoms with Gasteiger partial charge in [-0.25, -0.2) is 0 Å². The van der Waals surface area contributed by atoms with Crippen LogP contribution in [0.1, 0.15) is 36.8 Å². The SMILES string of the molecule is CN(Cc1ccc(N2CCCCC2)cc1)C(=O)CCc1cccnc1. The van der Waals surface area contributed by atoms with Gasteiger partial charge in [-0.3, -0.25) is 9.78 Å². The van der Waals surface area contributed by atoms with Gasteiger partial charge in [-0.05, 0) is 55.0 Å². The fourth-order valence-electron chi connectivity index (χ4n) is 3.31. The molecule has 4 heteroatoms. The first-order valence-electron chi connectivity index (χ1n) is 9.19. The summed E-state index contributed by atoms with van der Waals surface area (Å²) in [5.74, 6) is 0.170. The monoisotopic (exact) mass is 337 g/mol. The maximum Gasteiger partial charge on any atom is 0.222 e. The zero-order valence-electron chi connectivity index (χ0n) is 15.0. The number of pyridine rings is 1. The Labute approximate surface area is 150 Å². The largest absolute Gasteiger partial charge is 0.372 e.